The number of aromatic nitrogens is 2. The second kappa shape index (κ2) is 7.14. The van der Waals surface area contributed by atoms with Gasteiger partial charge in [0.1, 0.15) is 10.6 Å². The van der Waals surface area contributed by atoms with Crippen LogP contribution in [-0.4, -0.2) is 26.9 Å². The van der Waals surface area contributed by atoms with Gasteiger partial charge >= 0.3 is 5.91 Å². The summed E-state index contributed by atoms with van der Waals surface area (Å²) in [5.41, 5.74) is 2.74. The van der Waals surface area contributed by atoms with Crippen LogP contribution in [0.2, 0.25) is 0 Å². The first-order valence-electron chi connectivity index (χ1n) is 6.45. The number of aryl methyl sites for hydroxylation is 2. The summed E-state index contributed by atoms with van der Waals surface area (Å²) < 4.78 is 27.2. The number of nitrogens with zero attached hydrogens (tertiary/aromatic N) is 2. The van der Waals surface area contributed by atoms with Gasteiger partial charge < -0.3 is 9.26 Å². The predicted octanol–water partition coefficient (Wildman–Crippen LogP) is 1.47. The lowest BCUT2D eigenvalue weighted by Gasteiger charge is -2.11. The largest absolute Gasteiger partial charge is 0.493 e. The first-order chi connectivity index (χ1) is 10.5. The molecule has 0 bridgehead atoms. The summed E-state index contributed by atoms with van der Waals surface area (Å²) in [4.78, 5) is 15.8. The van der Waals surface area contributed by atoms with Crippen LogP contribution in [0.25, 0.3) is 0 Å². The maximum atomic E-state index is 12.2. The highest BCUT2D eigenvalue weighted by Gasteiger charge is 2.19. The van der Waals surface area contributed by atoms with Crippen LogP contribution in [0.15, 0.2) is 27.6 Å². The fourth-order valence-corrected chi connectivity index (χ4v) is 2.52. The lowest BCUT2D eigenvalue weighted by atomic mass is 10.2. The Morgan fingerprint density at radius 1 is 1.41 bits per heavy atom. The highest BCUT2D eigenvalue weighted by atomic mass is 32.2. The molecule has 1 amide bonds. The topological polar surface area (TPSA) is 104 Å². The Morgan fingerprint density at radius 3 is 2.82 bits per heavy atom. The van der Waals surface area contributed by atoms with Gasteiger partial charge in [0, 0.05) is 6.92 Å². The molecule has 8 nitrogen and oxygen atoms in total. The molecule has 9 heteroatoms. The van der Waals surface area contributed by atoms with E-state index in [4.69, 9.17) is 9.02 Å². The van der Waals surface area contributed by atoms with Crippen molar-refractivity contribution in [3.05, 3.63) is 35.5 Å². The number of nitrogens with one attached hydrogen (secondary N) is 1. The van der Waals surface area contributed by atoms with Crippen molar-refractivity contribution in [2.24, 2.45) is 0 Å². The van der Waals surface area contributed by atoms with Gasteiger partial charge in [0.25, 0.3) is 5.82 Å². The number of carbonyl (C=O) groups excluding carboxylic acids is 1. The van der Waals surface area contributed by atoms with E-state index >= 15 is 0 Å². The van der Waals surface area contributed by atoms with Crippen molar-refractivity contribution < 1.29 is 22.5 Å². The zero-order valence-electron chi connectivity index (χ0n) is 12.3. The van der Waals surface area contributed by atoms with E-state index in [-0.39, 0.29) is 11.7 Å². The third kappa shape index (κ3) is 3.68. The highest BCUT2D eigenvalue weighted by molar-refractivity contribution is 7.80. The van der Waals surface area contributed by atoms with Crippen molar-refractivity contribution >= 4 is 17.0 Å². The summed E-state index contributed by atoms with van der Waals surface area (Å²) in [6.07, 6.45) is 0. The Hall–Kier alpha value is -2.26. The van der Waals surface area contributed by atoms with E-state index in [1.165, 1.54) is 0 Å². The summed E-state index contributed by atoms with van der Waals surface area (Å²) in [5, 5.41) is 3.43. The number of carbonyl (C=O) groups is 1. The minimum absolute atomic E-state index is 0.204. The molecule has 0 saturated carbocycles. The zero-order chi connectivity index (χ0) is 16.1. The minimum atomic E-state index is -1.94. The predicted molar refractivity (Wildman–Crippen MR) is 76.3 cm³/mol. The number of rotatable bonds is 6. The van der Waals surface area contributed by atoms with Crippen LogP contribution in [0.4, 0.5) is 0 Å². The van der Waals surface area contributed by atoms with Crippen molar-refractivity contribution in [3.63, 3.8) is 0 Å². The first kappa shape index (κ1) is 16.1. The molecule has 1 heterocycles. The second-order valence-electron chi connectivity index (χ2n) is 4.22. The molecule has 118 valence electrons. The number of amides is 1. The van der Waals surface area contributed by atoms with E-state index in [2.05, 4.69) is 14.7 Å². The van der Waals surface area contributed by atoms with Gasteiger partial charge in [-0.25, -0.2) is 9.69 Å². The normalized spacial score (nSPS) is 12.0. The van der Waals surface area contributed by atoms with Crippen molar-refractivity contribution in [3.8, 4) is 5.75 Å². The van der Waals surface area contributed by atoms with Gasteiger partial charge in [0.05, 0.1) is 6.61 Å². The molecule has 2 rings (SSSR count). The third-order valence-electron chi connectivity index (χ3n) is 2.58. The van der Waals surface area contributed by atoms with E-state index in [1.807, 2.05) is 12.4 Å². The third-order valence-corrected chi connectivity index (χ3v) is 3.67. The fraction of sp³-hybridized carbons (Fsp3) is 0.308. The average molecular weight is 325 g/mol. The van der Waals surface area contributed by atoms with Crippen LogP contribution < -0.4 is 10.2 Å². The van der Waals surface area contributed by atoms with Gasteiger partial charge in [-0.2, -0.15) is 9.27 Å². The average Bonchev–Trinajstić information content (AvgIpc) is 2.91. The molecule has 0 radical (unpaired) electrons. The Labute approximate surface area is 129 Å². The molecule has 0 aliphatic heterocycles. The van der Waals surface area contributed by atoms with Gasteiger partial charge in [-0.1, -0.05) is 17.3 Å². The van der Waals surface area contributed by atoms with E-state index in [0.717, 1.165) is 0 Å². The van der Waals surface area contributed by atoms with Crippen LogP contribution in [0.1, 0.15) is 29.0 Å². The maximum Gasteiger partial charge on any atom is 0.317 e. The van der Waals surface area contributed by atoms with Crippen molar-refractivity contribution in [1.29, 1.82) is 0 Å². The van der Waals surface area contributed by atoms with Gasteiger partial charge in [-0.15, -0.1) is 0 Å². The molecule has 1 N–H and O–H groups in total. The number of hydroxylamine groups is 1. The molecule has 0 aliphatic rings. The van der Waals surface area contributed by atoms with Crippen LogP contribution >= 0.6 is 0 Å². The monoisotopic (exact) mass is 325 g/mol. The SMILES string of the molecule is CCOc1cccc(C)c1S(=O)ONC(=O)c1noc(C)n1. The van der Waals surface area contributed by atoms with Crippen LogP contribution in [-0.2, 0) is 15.4 Å². The summed E-state index contributed by atoms with van der Waals surface area (Å²) in [7, 11) is 0. The quantitative estimate of drug-likeness (QED) is 0.802. The second-order valence-corrected chi connectivity index (χ2v) is 5.27. The summed E-state index contributed by atoms with van der Waals surface area (Å²) in [5.74, 6) is -0.282. The lowest BCUT2D eigenvalue weighted by Crippen LogP contribution is -2.26. The molecule has 1 unspecified atom stereocenters. The summed E-state index contributed by atoms with van der Waals surface area (Å²) in [6.45, 7) is 5.55. The van der Waals surface area contributed by atoms with E-state index in [1.54, 1.807) is 32.0 Å². The van der Waals surface area contributed by atoms with E-state index in [0.29, 0.717) is 22.8 Å². The minimum Gasteiger partial charge on any atom is -0.493 e. The number of hydrogen-bond acceptors (Lipinski definition) is 7. The standard InChI is InChI=1S/C13H15N3O5S/c1-4-19-10-7-5-6-8(2)11(10)22(18)21-16-13(17)12-14-9(3)20-15-12/h5-7H,4H2,1-3H3,(H,16,17). The van der Waals surface area contributed by atoms with Crippen LogP contribution in [0, 0.1) is 13.8 Å². The fourth-order valence-electron chi connectivity index (χ4n) is 1.66. The van der Waals surface area contributed by atoms with Crippen molar-refractivity contribution in [2.45, 2.75) is 25.7 Å². The zero-order valence-corrected chi connectivity index (χ0v) is 13.1. The molecular weight excluding hydrogens is 310 g/mol. The molecule has 0 aliphatic carbocycles. The van der Waals surface area contributed by atoms with Crippen LogP contribution in [0.5, 0.6) is 5.75 Å². The maximum absolute atomic E-state index is 12.2. The Kier molecular flexibility index (Phi) is 5.23. The molecule has 0 spiro atoms. The van der Waals surface area contributed by atoms with Crippen molar-refractivity contribution in [1.82, 2.24) is 15.6 Å². The molecule has 1 aromatic carbocycles. The number of ether oxygens (including phenoxy) is 1. The van der Waals surface area contributed by atoms with Gasteiger partial charge in [-0.3, -0.25) is 4.79 Å². The molecule has 0 fully saturated rings. The molecule has 1 atom stereocenters. The molecular formula is C13H15N3O5S. The number of hydrogen-bond donors (Lipinski definition) is 1. The van der Waals surface area contributed by atoms with Gasteiger partial charge in [0.15, 0.2) is 0 Å². The molecule has 0 saturated heterocycles. The molecule has 1 aromatic heterocycles. The Balaban J connectivity index is 2.08. The Bertz CT molecular complexity index is 701. The highest BCUT2D eigenvalue weighted by Crippen LogP contribution is 2.26. The summed E-state index contributed by atoms with van der Waals surface area (Å²) in [6, 6.07) is 5.22. The van der Waals surface area contributed by atoms with Gasteiger partial charge in [-0.05, 0) is 25.5 Å². The first-order valence-corrected chi connectivity index (χ1v) is 7.52. The summed E-state index contributed by atoms with van der Waals surface area (Å²) >= 11 is -1.94. The van der Waals surface area contributed by atoms with E-state index < -0.39 is 17.0 Å². The number of benzene rings is 1. The Morgan fingerprint density at radius 2 is 2.18 bits per heavy atom. The van der Waals surface area contributed by atoms with Crippen molar-refractivity contribution in [2.75, 3.05) is 6.61 Å². The van der Waals surface area contributed by atoms with Crippen LogP contribution in [0.3, 0.4) is 0 Å². The van der Waals surface area contributed by atoms with Gasteiger partial charge in [0.2, 0.25) is 17.0 Å². The van der Waals surface area contributed by atoms with E-state index in [9.17, 15) is 9.00 Å². The lowest BCUT2D eigenvalue weighted by molar-refractivity contribution is 0.0769. The molecule has 2 aromatic rings. The smallest absolute Gasteiger partial charge is 0.317 e. The molecule has 22 heavy (non-hydrogen) atoms.